The molecule has 3 N–H and O–H groups in total. The molecule has 0 spiro atoms. The van der Waals surface area contributed by atoms with Gasteiger partial charge in [0.1, 0.15) is 0 Å². The van der Waals surface area contributed by atoms with Crippen molar-refractivity contribution in [2.24, 2.45) is 5.73 Å². The maximum atomic E-state index is 12.3. The van der Waals surface area contributed by atoms with Gasteiger partial charge in [0.25, 0.3) is 0 Å². The first-order valence-corrected chi connectivity index (χ1v) is 9.00. The molecule has 0 saturated heterocycles. The molecule has 0 aliphatic carbocycles. The summed E-state index contributed by atoms with van der Waals surface area (Å²) in [5.74, 6) is 0. The lowest BCUT2D eigenvalue weighted by atomic mass is 10.1. The first-order chi connectivity index (χ1) is 9.98. The van der Waals surface area contributed by atoms with Gasteiger partial charge in [0, 0.05) is 19.6 Å². The normalized spacial score (nSPS) is 12.0. The Kier molecular flexibility index (Phi) is 7.31. The number of benzene rings is 1. The molecule has 1 aromatic carbocycles. The standard InChI is InChI=1S/C15H27N3O2S/c1-4-13-7-8-15(11-14(13)12-16)21(19,20)17-9-10-18(5-2)6-3/h7-8,11,17H,4-6,9-10,12,16H2,1-3H3. The molecule has 0 bridgehead atoms. The van der Waals surface area contributed by atoms with E-state index in [1.54, 1.807) is 12.1 Å². The van der Waals surface area contributed by atoms with Gasteiger partial charge >= 0.3 is 0 Å². The molecular formula is C15H27N3O2S. The van der Waals surface area contributed by atoms with Crippen LogP contribution >= 0.6 is 0 Å². The Labute approximate surface area is 128 Å². The minimum absolute atomic E-state index is 0.291. The average Bonchev–Trinajstić information content (AvgIpc) is 2.50. The summed E-state index contributed by atoms with van der Waals surface area (Å²) in [7, 11) is -3.46. The van der Waals surface area contributed by atoms with Crippen molar-refractivity contribution in [2.45, 2.75) is 38.6 Å². The van der Waals surface area contributed by atoms with Crippen LogP contribution in [0.15, 0.2) is 23.1 Å². The van der Waals surface area contributed by atoms with Crippen LogP contribution in [-0.2, 0) is 23.0 Å². The third kappa shape index (κ3) is 5.07. The van der Waals surface area contributed by atoms with Crippen LogP contribution in [0.25, 0.3) is 0 Å². The molecule has 0 aliphatic heterocycles. The summed E-state index contributed by atoms with van der Waals surface area (Å²) in [6.07, 6.45) is 0.849. The number of nitrogens with two attached hydrogens (primary N) is 1. The Morgan fingerprint density at radius 3 is 2.33 bits per heavy atom. The lowest BCUT2D eigenvalue weighted by molar-refractivity contribution is 0.309. The Balaban J connectivity index is 2.78. The summed E-state index contributed by atoms with van der Waals surface area (Å²) in [5.41, 5.74) is 7.68. The molecule has 0 radical (unpaired) electrons. The fraction of sp³-hybridized carbons (Fsp3) is 0.600. The monoisotopic (exact) mass is 313 g/mol. The molecule has 1 rings (SSSR count). The predicted octanol–water partition coefficient (Wildman–Crippen LogP) is 1.33. The van der Waals surface area contributed by atoms with Gasteiger partial charge in [-0.3, -0.25) is 0 Å². The van der Waals surface area contributed by atoms with Crippen molar-refractivity contribution in [3.63, 3.8) is 0 Å². The van der Waals surface area contributed by atoms with E-state index in [0.717, 1.165) is 30.6 Å². The zero-order valence-corrected chi connectivity index (χ0v) is 14.0. The van der Waals surface area contributed by atoms with E-state index in [9.17, 15) is 8.42 Å². The Morgan fingerprint density at radius 1 is 1.14 bits per heavy atom. The van der Waals surface area contributed by atoms with Gasteiger partial charge in [-0.15, -0.1) is 0 Å². The second-order valence-electron chi connectivity index (χ2n) is 4.91. The van der Waals surface area contributed by atoms with E-state index >= 15 is 0 Å². The van der Waals surface area contributed by atoms with Crippen LogP contribution in [0.3, 0.4) is 0 Å². The number of rotatable bonds is 9. The quantitative estimate of drug-likeness (QED) is 0.721. The van der Waals surface area contributed by atoms with Crippen molar-refractivity contribution in [1.29, 1.82) is 0 Å². The summed E-state index contributed by atoms with van der Waals surface area (Å²) in [6.45, 7) is 9.48. The molecule has 1 aromatic rings. The minimum atomic E-state index is -3.46. The average molecular weight is 313 g/mol. The summed E-state index contributed by atoms with van der Waals surface area (Å²) in [4.78, 5) is 2.47. The maximum absolute atomic E-state index is 12.3. The van der Waals surface area contributed by atoms with Crippen LogP contribution in [0.4, 0.5) is 0 Å². The van der Waals surface area contributed by atoms with E-state index in [-0.39, 0.29) is 0 Å². The zero-order chi connectivity index (χ0) is 15.9. The predicted molar refractivity (Wildman–Crippen MR) is 86.7 cm³/mol. The molecule has 0 saturated carbocycles. The Bertz CT molecular complexity index is 540. The molecule has 21 heavy (non-hydrogen) atoms. The van der Waals surface area contributed by atoms with Crippen molar-refractivity contribution >= 4 is 10.0 Å². The highest BCUT2D eigenvalue weighted by Gasteiger charge is 2.15. The van der Waals surface area contributed by atoms with E-state index in [1.165, 1.54) is 0 Å². The van der Waals surface area contributed by atoms with E-state index < -0.39 is 10.0 Å². The number of likely N-dealkylation sites (N-methyl/N-ethyl adjacent to an activating group) is 1. The molecule has 6 heteroatoms. The molecule has 0 unspecified atom stereocenters. The number of hydrogen-bond acceptors (Lipinski definition) is 4. The van der Waals surface area contributed by atoms with Crippen molar-refractivity contribution < 1.29 is 8.42 Å². The van der Waals surface area contributed by atoms with Gasteiger partial charge in [-0.25, -0.2) is 13.1 Å². The summed E-state index contributed by atoms with van der Waals surface area (Å²) < 4.78 is 27.2. The fourth-order valence-corrected chi connectivity index (χ4v) is 3.34. The van der Waals surface area contributed by atoms with E-state index in [1.807, 2.05) is 13.0 Å². The largest absolute Gasteiger partial charge is 0.326 e. The highest BCUT2D eigenvalue weighted by molar-refractivity contribution is 7.89. The SMILES string of the molecule is CCc1ccc(S(=O)(=O)NCCN(CC)CC)cc1CN. The second kappa shape index (κ2) is 8.48. The lowest BCUT2D eigenvalue weighted by Crippen LogP contribution is -2.34. The highest BCUT2D eigenvalue weighted by Crippen LogP contribution is 2.16. The first kappa shape index (κ1) is 18.1. The second-order valence-corrected chi connectivity index (χ2v) is 6.68. The smallest absolute Gasteiger partial charge is 0.240 e. The Hall–Kier alpha value is -0.950. The van der Waals surface area contributed by atoms with E-state index in [2.05, 4.69) is 23.5 Å². The summed E-state index contributed by atoms with van der Waals surface area (Å²) >= 11 is 0. The Morgan fingerprint density at radius 2 is 1.81 bits per heavy atom. The zero-order valence-electron chi connectivity index (χ0n) is 13.2. The van der Waals surface area contributed by atoms with Crippen molar-refractivity contribution in [3.05, 3.63) is 29.3 Å². The third-order valence-corrected chi connectivity index (χ3v) is 5.16. The molecule has 0 aromatic heterocycles. The molecule has 5 nitrogen and oxygen atoms in total. The topological polar surface area (TPSA) is 75.4 Å². The van der Waals surface area contributed by atoms with Crippen LogP contribution in [-0.4, -0.2) is 39.5 Å². The number of hydrogen-bond donors (Lipinski definition) is 2. The lowest BCUT2D eigenvalue weighted by Gasteiger charge is -2.18. The number of sulfonamides is 1. The van der Waals surface area contributed by atoms with Crippen molar-refractivity contribution in [1.82, 2.24) is 9.62 Å². The summed E-state index contributed by atoms with van der Waals surface area (Å²) in [5, 5.41) is 0. The number of nitrogens with one attached hydrogen (secondary N) is 1. The molecule has 0 heterocycles. The summed E-state index contributed by atoms with van der Waals surface area (Å²) in [6, 6.07) is 5.18. The van der Waals surface area contributed by atoms with Crippen LogP contribution in [0.1, 0.15) is 31.9 Å². The molecule has 0 amide bonds. The molecule has 0 aliphatic rings. The number of aryl methyl sites for hydroxylation is 1. The molecule has 0 atom stereocenters. The van der Waals surface area contributed by atoms with Gasteiger partial charge in [0.05, 0.1) is 4.90 Å². The van der Waals surface area contributed by atoms with Gasteiger partial charge < -0.3 is 10.6 Å². The third-order valence-electron chi connectivity index (χ3n) is 3.70. The minimum Gasteiger partial charge on any atom is -0.326 e. The van der Waals surface area contributed by atoms with Gasteiger partial charge in [-0.05, 0) is 42.8 Å². The van der Waals surface area contributed by atoms with Crippen LogP contribution in [0, 0.1) is 0 Å². The van der Waals surface area contributed by atoms with Gasteiger partial charge in [0.15, 0.2) is 0 Å². The molecular weight excluding hydrogens is 286 g/mol. The maximum Gasteiger partial charge on any atom is 0.240 e. The van der Waals surface area contributed by atoms with Crippen LogP contribution in [0.2, 0.25) is 0 Å². The number of nitrogens with zero attached hydrogens (tertiary/aromatic N) is 1. The fourth-order valence-electron chi connectivity index (χ4n) is 2.27. The van der Waals surface area contributed by atoms with Crippen LogP contribution in [0.5, 0.6) is 0 Å². The van der Waals surface area contributed by atoms with Gasteiger partial charge in [0.2, 0.25) is 10.0 Å². The molecule has 120 valence electrons. The van der Waals surface area contributed by atoms with E-state index in [4.69, 9.17) is 5.73 Å². The molecule has 0 fully saturated rings. The first-order valence-electron chi connectivity index (χ1n) is 7.52. The van der Waals surface area contributed by atoms with Crippen molar-refractivity contribution in [2.75, 3.05) is 26.2 Å². The van der Waals surface area contributed by atoms with Crippen molar-refractivity contribution in [3.8, 4) is 0 Å². The van der Waals surface area contributed by atoms with Crippen LogP contribution < -0.4 is 10.5 Å². The highest BCUT2D eigenvalue weighted by atomic mass is 32.2. The van der Waals surface area contributed by atoms with E-state index in [0.29, 0.717) is 24.5 Å². The van der Waals surface area contributed by atoms with Gasteiger partial charge in [-0.1, -0.05) is 26.8 Å². The van der Waals surface area contributed by atoms with Gasteiger partial charge in [-0.2, -0.15) is 0 Å².